The molecule has 154 valence electrons. The lowest BCUT2D eigenvalue weighted by atomic mass is 10.3. The van der Waals surface area contributed by atoms with Gasteiger partial charge in [0.2, 0.25) is 0 Å². The second-order valence-electron chi connectivity index (χ2n) is 6.12. The number of benzene rings is 1. The molecule has 0 fully saturated rings. The van der Waals surface area contributed by atoms with Crippen LogP contribution in [0.15, 0.2) is 40.2 Å². The van der Waals surface area contributed by atoms with Crippen LogP contribution in [-0.4, -0.2) is 52.1 Å². The SMILES string of the molecule is CCOC(=O)Cn1cnc2c1c(=O)n(CCOC)c(=O)n2-c1cccc(OC)c1. The van der Waals surface area contributed by atoms with Gasteiger partial charge in [-0.2, -0.15) is 0 Å². The van der Waals surface area contributed by atoms with E-state index >= 15 is 0 Å². The molecule has 0 saturated carbocycles. The minimum absolute atomic E-state index is 0.0542. The van der Waals surface area contributed by atoms with E-state index in [9.17, 15) is 14.4 Å². The van der Waals surface area contributed by atoms with E-state index in [1.807, 2.05) is 0 Å². The summed E-state index contributed by atoms with van der Waals surface area (Å²) < 4.78 is 19.0. The standard InChI is InChI=1S/C19H22N4O6/c1-4-29-15(24)11-21-12-20-17-16(21)18(25)22(8-9-27-2)19(26)23(17)13-6-5-7-14(10-13)28-3/h5-7,10,12H,4,8-9,11H2,1-3H3. The first-order valence-electron chi connectivity index (χ1n) is 9.01. The summed E-state index contributed by atoms with van der Waals surface area (Å²) in [6, 6.07) is 6.84. The molecule has 0 atom stereocenters. The van der Waals surface area contributed by atoms with Crippen LogP contribution in [0.2, 0.25) is 0 Å². The lowest BCUT2D eigenvalue weighted by molar-refractivity contribution is -0.143. The molecule has 0 aliphatic rings. The van der Waals surface area contributed by atoms with Gasteiger partial charge < -0.3 is 18.8 Å². The van der Waals surface area contributed by atoms with E-state index in [0.29, 0.717) is 11.4 Å². The normalized spacial score (nSPS) is 11.0. The lowest BCUT2D eigenvalue weighted by Crippen LogP contribution is -2.41. The Morgan fingerprint density at radius 3 is 2.69 bits per heavy atom. The van der Waals surface area contributed by atoms with Gasteiger partial charge in [-0.1, -0.05) is 6.07 Å². The number of methoxy groups -OCH3 is 2. The van der Waals surface area contributed by atoms with Crippen LogP contribution in [0.5, 0.6) is 5.75 Å². The predicted molar refractivity (Wildman–Crippen MR) is 105 cm³/mol. The maximum atomic E-state index is 13.1. The third kappa shape index (κ3) is 3.92. The summed E-state index contributed by atoms with van der Waals surface area (Å²) in [4.78, 5) is 42.4. The topological polar surface area (TPSA) is 107 Å². The molecular formula is C19H22N4O6. The minimum atomic E-state index is -0.561. The second-order valence-corrected chi connectivity index (χ2v) is 6.12. The van der Waals surface area contributed by atoms with Gasteiger partial charge in [-0.05, 0) is 19.1 Å². The summed E-state index contributed by atoms with van der Waals surface area (Å²) in [6.45, 7) is 1.95. The Bertz CT molecular complexity index is 1140. The number of ether oxygens (including phenoxy) is 3. The number of hydrogen-bond donors (Lipinski definition) is 0. The summed E-state index contributed by atoms with van der Waals surface area (Å²) in [6.07, 6.45) is 1.35. The molecule has 0 spiro atoms. The largest absolute Gasteiger partial charge is 0.497 e. The third-order valence-corrected chi connectivity index (χ3v) is 4.34. The molecule has 10 nitrogen and oxygen atoms in total. The Labute approximate surface area is 165 Å². The predicted octanol–water partition coefficient (Wildman–Crippen LogP) is 0.567. The van der Waals surface area contributed by atoms with Gasteiger partial charge in [0.1, 0.15) is 12.3 Å². The molecule has 0 unspecified atom stereocenters. The minimum Gasteiger partial charge on any atom is -0.497 e. The first-order chi connectivity index (χ1) is 14.0. The highest BCUT2D eigenvalue weighted by Crippen LogP contribution is 2.18. The molecule has 2 heterocycles. The zero-order valence-electron chi connectivity index (χ0n) is 16.5. The Morgan fingerprint density at radius 2 is 2.00 bits per heavy atom. The molecule has 0 N–H and O–H groups in total. The molecule has 0 radical (unpaired) electrons. The van der Waals surface area contributed by atoms with Crippen LogP contribution in [0.4, 0.5) is 0 Å². The van der Waals surface area contributed by atoms with E-state index in [2.05, 4.69) is 4.98 Å². The van der Waals surface area contributed by atoms with Crippen molar-refractivity contribution in [3.8, 4) is 11.4 Å². The second kappa shape index (κ2) is 8.74. The molecule has 1 aromatic carbocycles. The quantitative estimate of drug-likeness (QED) is 0.507. The van der Waals surface area contributed by atoms with Gasteiger partial charge >= 0.3 is 11.7 Å². The summed E-state index contributed by atoms with van der Waals surface area (Å²) in [5.74, 6) is 0.0388. The first kappa shape index (κ1) is 20.3. The van der Waals surface area contributed by atoms with Gasteiger partial charge in [0.05, 0.1) is 38.9 Å². The van der Waals surface area contributed by atoms with Gasteiger partial charge in [-0.15, -0.1) is 0 Å². The van der Waals surface area contributed by atoms with Crippen LogP contribution in [0, 0.1) is 0 Å². The molecule has 0 aliphatic heterocycles. The highest BCUT2D eigenvalue weighted by atomic mass is 16.5. The van der Waals surface area contributed by atoms with E-state index in [1.165, 1.54) is 29.7 Å². The summed E-state index contributed by atoms with van der Waals surface area (Å²) in [5.41, 5.74) is -0.369. The average Bonchev–Trinajstić information content (AvgIpc) is 3.11. The maximum Gasteiger partial charge on any atom is 0.337 e. The van der Waals surface area contributed by atoms with Crippen molar-refractivity contribution in [1.29, 1.82) is 0 Å². The van der Waals surface area contributed by atoms with E-state index < -0.39 is 17.2 Å². The van der Waals surface area contributed by atoms with Crippen LogP contribution in [-0.2, 0) is 27.4 Å². The van der Waals surface area contributed by atoms with E-state index in [-0.39, 0.29) is 37.5 Å². The highest BCUT2D eigenvalue weighted by Gasteiger charge is 2.20. The fraction of sp³-hybridized carbons (Fsp3) is 0.368. The van der Waals surface area contributed by atoms with Crippen molar-refractivity contribution < 1.29 is 19.0 Å². The molecule has 0 bridgehead atoms. The van der Waals surface area contributed by atoms with Crippen molar-refractivity contribution in [2.75, 3.05) is 27.4 Å². The molecule has 0 amide bonds. The Morgan fingerprint density at radius 1 is 1.21 bits per heavy atom. The fourth-order valence-corrected chi connectivity index (χ4v) is 3.01. The molecule has 3 rings (SSSR count). The number of hydrogen-bond acceptors (Lipinski definition) is 7. The highest BCUT2D eigenvalue weighted by molar-refractivity contribution is 5.76. The van der Waals surface area contributed by atoms with Crippen LogP contribution in [0.3, 0.4) is 0 Å². The van der Waals surface area contributed by atoms with E-state index in [1.54, 1.807) is 31.2 Å². The Balaban J connectivity index is 2.29. The molecule has 0 saturated heterocycles. The molecule has 3 aromatic rings. The molecule has 10 heteroatoms. The van der Waals surface area contributed by atoms with Gasteiger partial charge in [-0.3, -0.25) is 14.2 Å². The van der Waals surface area contributed by atoms with Gasteiger partial charge in [-0.25, -0.2) is 14.3 Å². The zero-order chi connectivity index (χ0) is 21.0. The van der Waals surface area contributed by atoms with Crippen molar-refractivity contribution >= 4 is 17.1 Å². The number of aromatic nitrogens is 4. The van der Waals surface area contributed by atoms with Gasteiger partial charge in [0, 0.05) is 13.2 Å². The van der Waals surface area contributed by atoms with Crippen LogP contribution in [0.25, 0.3) is 16.9 Å². The van der Waals surface area contributed by atoms with Crippen molar-refractivity contribution in [3.05, 3.63) is 51.4 Å². The third-order valence-electron chi connectivity index (χ3n) is 4.34. The number of fused-ring (bicyclic) bond motifs is 1. The molecular weight excluding hydrogens is 380 g/mol. The number of carbonyl (C=O) groups excluding carboxylic acids is 1. The molecule has 0 aliphatic carbocycles. The average molecular weight is 402 g/mol. The summed E-state index contributed by atoms with van der Waals surface area (Å²) in [5, 5.41) is 0. The van der Waals surface area contributed by atoms with Crippen molar-refractivity contribution in [2.24, 2.45) is 0 Å². The van der Waals surface area contributed by atoms with E-state index in [4.69, 9.17) is 14.2 Å². The van der Waals surface area contributed by atoms with Crippen molar-refractivity contribution in [1.82, 2.24) is 18.7 Å². The smallest absolute Gasteiger partial charge is 0.337 e. The van der Waals surface area contributed by atoms with Crippen molar-refractivity contribution in [3.63, 3.8) is 0 Å². The Hall–Kier alpha value is -3.40. The van der Waals surface area contributed by atoms with Gasteiger partial charge in [0.25, 0.3) is 5.56 Å². The lowest BCUT2D eigenvalue weighted by Gasteiger charge is -2.13. The fourth-order valence-electron chi connectivity index (χ4n) is 3.01. The first-order valence-corrected chi connectivity index (χ1v) is 9.01. The number of nitrogens with zero attached hydrogens (tertiary/aromatic N) is 4. The van der Waals surface area contributed by atoms with Crippen LogP contribution in [0.1, 0.15) is 6.92 Å². The zero-order valence-corrected chi connectivity index (χ0v) is 16.5. The number of rotatable bonds is 8. The number of esters is 1. The number of carbonyl (C=O) groups is 1. The summed E-state index contributed by atoms with van der Waals surface area (Å²) in [7, 11) is 3.00. The van der Waals surface area contributed by atoms with Gasteiger partial charge in [0.15, 0.2) is 11.2 Å². The van der Waals surface area contributed by atoms with Crippen LogP contribution < -0.4 is 16.0 Å². The van der Waals surface area contributed by atoms with E-state index in [0.717, 1.165) is 4.57 Å². The molecule has 29 heavy (non-hydrogen) atoms. The maximum absolute atomic E-state index is 13.1. The van der Waals surface area contributed by atoms with Crippen LogP contribution >= 0.6 is 0 Å². The molecule has 2 aromatic heterocycles. The summed E-state index contributed by atoms with van der Waals surface area (Å²) >= 11 is 0. The monoisotopic (exact) mass is 402 g/mol. The number of imidazole rings is 1. The Kier molecular flexibility index (Phi) is 6.13. The van der Waals surface area contributed by atoms with Crippen molar-refractivity contribution in [2.45, 2.75) is 20.0 Å².